The quantitative estimate of drug-likeness (QED) is 0.775. The summed E-state index contributed by atoms with van der Waals surface area (Å²) < 4.78 is 10.6. The highest BCUT2D eigenvalue weighted by molar-refractivity contribution is 5.77. The molecule has 6 heteroatoms. The van der Waals surface area contributed by atoms with Gasteiger partial charge in [-0.1, -0.05) is 6.07 Å². The van der Waals surface area contributed by atoms with Crippen LogP contribution in [-0.2, 0) is 11.3 Å². The van der Waals surface area contributed by atoms with Crippen molar-refractivity contribution in [2.45, 2.75) is 19.4 Å². The first-order valence-electron chi connectivity index (χ1n) is 9.38. The Kier molecular flexibility index (Phi) is 7.04. The van der Waals surface area contributed by atoms with Gasteiger partial charge >= 0.3 is 0 Å². The maximum absolute atomic E-state index is 12.0. The molecule has 27 heavy (non-hydrogen) atoms. The van der Waals surface area contributed by atoms with E-state index in [4.69, 9.17) is 9.47 Å². The molecular weight excluding hydrogens is 342 g/mol. The van der Waals surface area contributed by atoms with Gasteiger partial charge in [0.25, 0.3) is 5.91 Å². The molecule has 1 aliphatic rings. The van der Waals surface area contributed by atoms with Gasteiger partial charge in [-0.3, -0.25) is 14.7 Å². The summed E-state index contributed by atoms with van der Waals surface area (Å²) in [6.07, 6.45) is 5.92. The molecule has 2 heterocycles. The van der Waals surface area contributed by atoms with Crippen molar-refractivity contribution in [1.29, 1.82) is 0 Å². The van der Waals surface area contributed by atoms with Crippen LogP contribution >= 0.6 is 0 Å². The number of likely N-dealkylation sites (tertiary alicyclic amines) is 1. The summed E-state index contributed by atoms with van der Waals surface area (Å²) in [4.78, 5) is 18.6. The molecule has 1 aromatic heterocycles. The number of pyridine rings is 1. The second-order valence-corrected chi connectivity index (χ2v) is 6.85. The number of carbonyl (C=O) groups is 1. The van der Waals surface area contributed by atoms with Gasteiger partial charge in [0.15, 0.2) is 6.61 Å². The van der Waals surface area contributed by atoms with E-state index in [2.05, 4.69) is 21.3 Å². The van der Waals surface area contributed by atoms with Crippen LogP contribution in [0.2, 0.25) is 0 Å². The Labute approximate surface area is 160 Å². The van der Waals surface area contributed by atoms with Gasteiger partial charge in [0.2, 0.25) is 0 Å². The largest absolute Gasteiger partial charge is 0.497 e. The van der Waals surface area contributed by atoms with Gasteiger partial charge in [0, 0.05) is 25.5 Å². The van der Waals surface area contributed by atoms with Crippen LogP contribution in [0, 0.1) is 5.92 Å². The minimum absolute atomic E-state index is 0.0339. The zero-order chi connectivity index (χ0) is 18.9. The zero-order valence-corrected chi connectivity index (χ0v) is 15.8. The minimum Gasteiger partial charge on any atom is -0.497 e. The molecule has 0 unspecified atom stereocenters. The number of methoxy groups -OCH3 is 1. The highest BCUT2D eigenvalue weighted by Gasteiger charge is 2.19. The van der Waals surface area contributed by atoms with E-state index in [0.29, 0.717) is 18.2 Å². The second-order valence-electron chi connectivity index (χ2n) is 6.85. The fourth-order valence-electron chi connectivity index (χ4n) is 3.23. The summed E-state index contributed by atoms with van der Waals surface area (Å²) in [5.41, 5.74) is 1.25. The van der Waals surface area contributed by atoms with Crippen LogP contribution in [-0.4, -0.2) is 49.1 Å². The minimum atomic E-state index is -0.0800. The van der Waals surface area contributed by atoms with Gasteiger partial charge in [0.05, 0.1) is 7.11 Å². The molecule has 144 valence electrons. The summed E-state index contributed by atoms with van der Waals surface area (Å²) in [5, 5.41) is 2.99. The van der Waals surface area contributed by atoms with Crippen molar-refractivity contribution in [2.75, 3.05) is 33.4 Å². The summed E-state index contributed by atoms with van der Waals surface area (Å²) in [6, 6.07) is 11.3. The zero-order valence-electron chi connectivity index (χ0n) is 15.8. The number of amides is 1. The third-order valence-corrected chi connectivity index (χ3v) is 4.85. The monoisotopic (exact) mass is 369 g/mol. The number of nitrogens with one attached hydrogen (secondary N) is 1. The van der Waals surface area contributed by atoms with Crippen molar-refractivity contribution in [2.24, 2.45) is 5.92 Å². The summed E-state index contributed by atoms with van der Waals surface area (Å²) in [6.45, 7) is 3.80. The number of carbonyl (C=O) groups excluding carboxylic acids is 1. The molecule has 0 spiro atoms. The lowest BCUT2D eigenvalue weighted by Gasteiger charge is -2.31. The van der Waals surface area contributed by atoms with Crippen LogP contribution in [0.5, 0.6) is 11.5 Å². The normalized spacial score (nSPS) is 15.3. The maximum atomic E-state index is 12.0. The smallest absolute Gasteiger partial charge is 0.257 e. The second kappa shape index (κ2) is 9.92. The summed E-state index contributed by atoms with van der Waals surface area (Å²) in [5.74, 6) is 1.88. The Hall–Kier alpha value is -2.60. The van der Waals surface area contributed by atoms with Crippen LogP contribution in [0.25, 0.3) is 0 Å². The predicted molar refractivity (Wildman–Crippen MR) is 104 cm³/mol. The molecule has 1 amide bonds. The Morgan fingerprint density at radius 3 is 2.59 bits per heavy atom. The average Bonchev–Trinajstić information content (AvgIpc) is 2.73. The van der Waals surface area contributed by atoms with Crippen LogP contribution < -0.4 is 14.8 Å². The first-order chi connectivity index (χ1) is 13.2. The van der Waals surface area contributed by atoms with E-state index in [9.17, 15) is 4.79 Å². The number of nitrogens with zero attached hydrogens (tertiary/aromatic N) is 2. The van der Waals surface area contributed by atoms with E-state index < -0.39 is 0 Å². The van der Waals surface area contributed by atoms with Gasteiger partial charge < -0.3 is 14.8 Å². The van der Waals surface area contributed by atoms with Crippen LogP contribution in [0.15, 0.2) is 48.8 Å². The van der Waals surface area contributed by atoms with E-state index in [1.807, 2.05) is 24.4 Å². The molecule has 1 saturated heterocycles. The van der Waals surface area contributed by atoms with Crippen molar-refractivity contribution in [3.63, 3.8) is 0 Å². The van der Waals surface area contributed by atoms with E-state index in [-0.39, 0.29) is 12.5 Å². The van der Waals surface area contributed by atoms with E-state index >= 15 is 0 Å². The predicted octanol–water partition coefficient (Wildman–Crippen LogP) is 2.50. The molecule has 1 aromatic carbocycles. The number of hydrogen-bond acceptors (Lipinski definition) is 5. The fourth-order valence-corrected chi connectivity index (χ4v) is 3.23. The molecule has 3 rings (SSSR count). The lowest BCUT2D eigenvalue weighted by molar-refractivity contribution is -0.123. The molecule has 1 fully saturated rings. The van der Waals surface area contributed by atoms with Crippen LogP contribution in [0.4, 0.5) is 0 Å². The number of hydrogen-bond donors (Lipinski definition) is 1. The summed E-state index contributed by atoms with van der Waals surface area (Å²) in [7, 11) is 1.62. The highest BCUT2D eigenvalue weighted by atomic mass is 16.5. The maximum Gasteiger partial charge on any atom is 0.257 e. The van der Waals surface area contributed by atoms with Gasteiger partial charge in [-0.15, -0.1) is 0 Å². The van der Waals surface area contributed by atoms with Gasteiger partial charge in [-0.05, 0) is 67.7 Å². The molecule has 0 atom stereocenters. The third-order valence-electron chi connectivity index (χ3n) is 4.85. The van der Waals surface area contributed by atoms with Crippen molar-refractivity contribution in [3.05, 3.63) is 54.4 Å². The first-order valence-corrected chi connectivity index (χ1v) is 9.38. The molecule has 0 bridgehead atoms. The van der Waals surface area contributed by atoms with Crippen molar-refractivity contribution >= 4 is 5.91 Å². The van der Waals surface area contributed by atoms with E-state index in [1.165, 1.54) is 5.56 Å². The number of benzene rings is 1. The summed E-state index contributed by atoms with van der Waals surface area (Å²) >= 11 is 0. The molecule has 2 aromatic rings. The Balaban J connectivity index is 1.31. The third kappa shape index (κ3) is 6.25. The van der Waals surface area contributed by atoms with Gasteiger partial charge in [0.1, 0.15) is 11.5 Å². The Morgan fingerprint density at radius 2 is 1.93 bits per heavy atom. The van der Waals surface area contributed by atoms with Crippen LogP contribution in [0.1, 0.15) is 18.4 Å². The SMILES string of the molecule is COc1ccc(OCC(=O)NCC2CCN(Cc3cccnc3)CC2)cc1. The number of aromatic nitrogens is 1. The Bertz CT molecular complexity index is 698. The first kappa shape index (κ1) is 19.2. The Morgan fingerprint density at radius 1 is 1.19 bits per heavy atom. The standard InChI is InChI=1S/C21H27N3O3/c1-26-19-4-6-20(7-5-19)27-16-21(25)23-14-17-8-11-24(12-9-17)15-18-3-2-10-22-13-18/h2-7,10,13,17H,8-9,11-12,14-16H2,1H3,(H,23,25). The number of piperidine rings is 1. The number of ether oxygens (including phenoxy) is 2. The molecule has 0 radical (unpaired) electrons. The topological polar surface area (TPSA) is 63.7 Å². The molecule has 1 aliphatic heterocycles. The molecule has 6 nitrogen and oxygen atoms in total. The van der Waals surface area contributed by atoms with Crippen molar-refractivity contribution in [3.8, 4) is 11.5 Å². The van der Waals surface area contributed by atoms with Crippen molar-refractivity contribution in [1.82, 2.24) is 15.2 Å². The molecule has 0 saturated carbocycles. The lowest BCUT2D eigenvalue weighted by atomic mass is 9.96. The van der Waals surface area contributed by atoms with E-state index in [0.717, 1.165) is 38.2 Å². The van der Waals surface area contributed by atoms with E-state index in [1.54, 1.807) is 25.4 Å². The van der Waals surface area contributed by atoms with Crippen LogP contribution in [0.3, 0.4) is 0 Å². The molecule has 1 N–H and O–H groups in total. The lowest BCUT2D eigenvalue weighted by Crippen LogP contribution is -2.39. The van der Waals surface area contributed by atoms with Crippen molar-refractivity contribution < 1.29 is 14.3 Å². The van der Waals surface area contributed by atoms with Gasteiger partial charge in [-0.2, -0.15) is 0 Å². The average molecular weight is 369 g/mol. The van der Waals surface area contributed by atoms with Gasteiger partial charge in [-0.25, -0.2) is 0 Å². The molecule has 0 aliphatic carbocycles. The highest BCUT2D eigenvalue weighted by Crippen LogP contribution is 2.19. The fraction of sp³-hybridized carbons (Fsp3) is 0.429. The molecular formula is C21H27N3O3. The number of rotatable bonds is 8.